The zero-order valence-corrected chi connectivity index (χ0v) is 11.0. The largest absolute Gasteiger partial charge is 0.337 e. The highest BCUT2D eigenvalue weighted by Crippen LogP contribution is 2.15. The number of hydrogen-bond donors (Lipinski definition) is 1. The van der Waals surface area contributed by atoms with Crippen molar-refractivity contribution in [2.24, 2.45) is 5.73 Å². The van der Waals surface area contributed by atoms with Gasteiger partial charge in [0.15, 0.2) is 0 Å². The van der Waals surface area contributed by atoms with E-state index in [1.54, 1.807) is 17.2 Å². The molecule has 4 nitrogen and oxygen atoms in total. The van der Waals surface area contributed by atoms with Gasteiger partial charge in [0.05, 0.1) is 0 Å². The number of amides is 1. The molecule has 0 saturated heterocycles. The molecule has 0 aromatic carbocycles. The van der Waals surface area contributed by atoms with Gasteiger partial charge in [0, 0.05) is 36.5 Å². The van der Waals surface area contributed by atoms with Gasteiger partial charge < -0.3 is 10.6 Å². The summed E-state index contributed by atoms with van der Waals surface area (Å²) in [6, 6.07) is 3.56. The first-order chi connectivity index (χ1) is 7.86. The zero-order valence-electron chi connectivity index (χ0n) is 11.0. The Balaban J connectivity index is 2.93. The fourth-order valence-electron chi connectivity index (χ4n) is 1.39. The molecule has 0 bridgehead atoms. The van der Waals surface area contributed by atoms with E-state index in [-0.39, 0.29) is 11.4 Å². The molecule has 0 aliphatic carbocycles. The average molecular weight is 235 g/mol. The van der Waals surface area contributed by atoms with Crippen molar-refractivity contribution >= 4 is 5.91 Å². The summed E-state index contributed by atoms with van der Waals surface area (Å²) < 4.78 is 0. The molecule has 94 valence electrons. The molecule has 2 N–H and O–H groups in total. The predicted octanol–water partition coefficient (Wildman–Crippen LogP) is 1.45. The molecule has 0 fully saturated rings. The Labute approximate surface area is 103 Å². The molecule has 1 aromatic rings. The van der Waals surface area contributed by atoms with Crippen molar-refractivity contribution in [2.45, 2.75) is 32.7 Å². The molecular formula is C13H21N3O. The third-order valence-electron chi connectivity index (χ3n) is 2.77. The molecule has 0 radical (unpaired) electrons. The molecule has 17 heavy (non-hydrogen) atoms. The first-order valence-electron chi connectivity index (χ1n) is 5.79. The quantitative estimate of drug-likeness (QED) is 0.862. The SMILES string of the molecule is CN(C(=O)c1ccnc(CCN)c1)C(C)(C)C. The third-order valence-corrected chi connectivity index (χ3v) is 2.77. The maximum Gasteiger partial charge on any atom is 0.254 e. The molecule has 0 aliphatic rings. The predicted molar refractivity (Wildman–Crippen MR) is 68.8 cm³/mol. The van der Waals surface area contributed by atoms with Crippen LogP contribution in [0.4, 0.5) is 0 Å². The van der Waals surface area contributed by atoms with Crippen LogP contribution < -0.4 is 5.73 Å². The average Bonchev–Trinajstić information content (AvgIpc) is 2.27. The lowest BCUT2D eigenvalue weighted by molar-refractivity contribution is 0.0655. The van der Waals surface area contributed by atoms with E-state index in [2.05, 4.69) is 4.98 Å². The highest BCUT2D eigenvalue weighted by Gasteiger charge is 2.23. The second-order valence-electron chi connectivity index (χ2n) is 5.11. The van der Waals surface area contributed by atoms with E-state index in [1.807, 2.05) is 33.9 Å². The van der Waals surface area contributed by atoms with Crippen LogP contribution in [0.5, 0.6) is 0 Å². The van der Waals surface area contributed by atoms with Crippen LogP contribution in [-0.4, -0.2) is 34.9 Å². The van der Waals surface area contributed by atoms with E-state index in [1.165, 1.54) is 0 Å². The number of rotatable bonds is 3. The van der Waals surface area contributed by atoms with Crippen molar-refractivity contribution in [3.8, 4) is 0 Å². The van der Waals surface area contributed by atoms with Crippen molar-refractivity contribution < 1.29 is 4.79 Å². The Kier molecular flexibility index (Phi) is 4.23. The molecule has 0 spiro atoms. The van der Waals surface area contributed by atoms with E-state index in [4.69, 9.17) is 5.73 Å². The van der Waals surface area contributed by atoms with Crippen LogP contribution in [0.2, 0.25) is 0 Å². The Morgan fingerprint density at radius 1 is 1.47 bits per heavy atom. The van der Waals surface area contributed by atoms with Crippen molar-refractivity contribution in [1.29, 1.82) is 0 Å². The van der Waals surface area contributed by atoms with Gasteiger partial charge in [-0.15, -0.1) is 0 Å². The fraction of sp³-hybridized carbons (Fsp3) is 0.538. The van der Waals surface area contributed by atoms with Gasteiger partial charge in [-0.2, -0.15) is 0 Å². The van der Waals surface area contributed by atoms with Crippen molar-refractivity contribution in [3.05, 3.63) is 29.6 Å². The standard InChI is InChI=1S/C13H21N3O/c1-13(2,3)16(4)12(17)10-6-8-15-11(9-10)5-7-14/h6,8-9H,5,7,14H2,1-4H3. The second-order valence-corrected chi connectivity index (χ2v) is 5.11. The number of carbonyl (C=O) groups excluding carboxylic acids is 1. The minimum atomic E-state index is -0.186. The Bertz CT molecular complexity index is 396. The van der Waals surface area contributed by atoms with Crippen molar-refractivity contribution in [3.63, 3.8) is 0 Å². The van der Waals surface area contributed by atoms with Crippen LogP contribution in [0.3, 0.4) is 0 Å². The van der Waals surface area contributed by atoms with Gasteiger partial charge in [-0.1, -0.05) is 0 Å². The van der Waals surface area contributed by atoms with Gasteiger partial charge in [0.2, 0.25) is 0 Å². The number of pyridine rings is 1. The highest BCUT2D eigenvalue weighted by molar-refractivity contribution is 5.94. The van der Waals surface area contributed by atoms with Crippen LogP contribution >= 0.6 is 0 Å². The summed E-state index contributed by atoms with van der Waals surface area (Å²) in [6.07, 6.45) is 2.36. The summed E-state index contributed by atoms with van der Waals surface area (Å²) in [5.41, 5.74) is 6.82. The number of carbonyl (C=O) groups is 1. The summed E-state index contributed by atoms with van der Waals surface area (Å²) >= 11 is 0. The summed E-state index contributed by atoms with van der Waals surface area (Å²) in [5.74, 6) is 0.0122. The molecular weight excluding hydrogens is 214 g/mol. The van der Waals surface area contributed by atoms with Gasteiger partial charge in [-0.3, -0.25) is 9.78 Å². The zero-order chi connectivity index (χ0) is 13.1. The topological polar surface area (TPSA) is 59.2 Å². The maximum absolute atomic E-state index is 12.2. The van der Waals surface area contributed by atoms with E-state index in [0.29, 0.717) is 18.5 Å². The fourth-order valence-corrected chi connectivity index (χ4v) is 1.39. The van der Waals surface area contributed by atoms with Crippen LogP contribution in [0.15, 0.2) is 18.3 Å². The van der Waals surface area contributed by atoms with Gasteiger partial charge in [-0.25, -0.2) is 0 Å². The number of hydrogen-bond acceptors (Lipinski definition) is 3. The summed E-state index contributed by atoms with van der Waals surface area (Å²) in [4.78, 5) is 18.1. The van der Waals surface area contributed by atoms with Gasteiger partial charge in [0.25, 0.3) is 5.91 Å². The van der Waals surface area contributed by atoms with E-state index < -0.39 is 0 Å². The van der Waals surface area contributed by atoms with Crippen LogP contribution in [0.25, 0.3) is 0 Å². The lowest BCUT2D eigenvalue weighted by Gasteiger charge is -2.32. The van der Waals surface area contributed by atoms with Crippen molar-refractivity contribution in [1.82, 2.24) is 9.88 Å². The molecule has 1 rings (SSSR count). The number of aromatic nitrogens is 1. The smallest absolute Gasteiger partial charge is 0.254 e. The van der Waals surface area contributed by atoms with Crippen LogP contribution in [0.1, 0.15) is 36.8 Å². The number of nitrogens with zero attached hydrogens (tertiary/aromatic N) is 2. The van der Waals surface area contributed by atoms with Crippen LogP contribution in [-0.2, 0) is 6.42 Å². The molecule has 0 saturated carbocycles. The molecule has 1 heterocycles. The molecule has 1 aromatic heterocycles. The molecule has 0 unspecified atom stereocenters. The Hall–Kier alpha value is -1.42. The third kappa shape index (κ3) is 3.53. The second kappa shape index (κ2) is 5.27. The monoisotopic (exact) mass is 235 g/mol. The lowest BCUT2D eigenvalue weighted by atomic mass is 10.1. The minimum absolute atomic E-state index is 0.0122. The summed E-state index contributed by atoms with van der Waals surface area (Å²) in [6.45, 7) is 6.56. The van der Waals surface area contributed by atoms with E-state index >= 15 is 0 Å². The molecule has 0 atom stereocenters. The number of nitrogens with two attached hydrogens (primary N) is 1. The summed E-state index contributed by atoms with van der Waals surface area (Å²) in [5, 5.41) is 0. The van der Waals surface area contributed by atoms with E-state index in [9.17, 15) is 4.79 Å². The first kappa shape index (κ1) is 13.6. The normalized spacial score (nSPS) is 11.4. The highest BCUT2D eigenvalue weighted by atomic mass is 16.2. The lowest BCUT2D eigenvalue weighted by Crippen LogP contribution is -2.42. The summed E-state index contributed by atoms with van der Waals surface area (Å²) in [7, 11) is 1.81. The van der Waals surface area contributed by atoms with Gasteiger partial charge in [0.1, 0.15) is 0 Å². The van der Waals surface area contributed by atoms with Gasteiger partial charge >= 0.3 is 0 Å². The Morgan fingerprint density at radius 3 is 2.65 bits per heavy atom. The molecule has 4 heteroatoms. The van der Waals surface area contributed by atoms with Crippen LogP contribution in [0, 0.1) is 0 Å². The van der Waals surface area contributed by atoms with Gasteiger partial charge in [-0.05, 0) is 39.4 Å². The molecule has 1 amide bonds. The van der Waals surface area contributed by atoms with Crippen molar-refractivity contribution in [2.75, 3.05) is 13.6 Å². The minimum Gasteiger partial charge on any atom is -0.337 e. The van der Waals surface area contributed by atoms with E-state index in [0.717, 1.165) is 5.69 Å². The first-order valence-corrected chi connectivity index (χ1v) is 5.79. The molecule has 0 aliphatic heterocycles. The Morgan fingerprint density at radius 2 is 2.12 bits per heavy atom. The maximum atomic E-state index is 12.2.